The summed E-state index contributed by atoms with van der Waals surface area (Å²) >= 11 is 0. The molecule has 3 saturated carbocycles. The first-order valence-corrected chi connectivity index (χ1v) is 11.3. The van der Waals surface area contributed by atoms with E-state index in [0.29, 0.717) is 17.3 Å². The molecular weight excluding hydrogens is 490 g/mol. The second kappa shape index (κ2) is 8.30. The van der Waals surface area contributed by atoms with Gasteiger partial charge in [0.15, 0.2) is 18.1 Å². The number of aromatic amines is 1. The maximum atomic E-state index is 15.0. The minimum atomic E-state index is -4.78. The molecule has 0 spiro atoms. The van der Waals surface area contributed by atoms with Crippen molar-refractivity contribution in [1.29, 1.82) is 0 Å². The first kappa shape index (κ1) is 23.0. The number of fused-ring (bicyclic) bond motifs is 1. The van der Waals surface area contributed by atoms with Gasteiger partial charge >= 0.3 is 12.5 Å². The standard InChI is InChI=1S/C21H21F4N7O4/c22-16-13(36-19(33)29-20-4-10(5-20)6-20)9-34-17(16)12-3-14(31-30-12)28-18-26-2-1-15-27-11(7-32(15)18)8-35-21(23,24)25/h1-3,7,10,13,16-17H,4-6,8-9H2,(H,29,33)(H2,26,28,30,31)/t10?,13-,16-,17-,20?/m1/s1. The summed E-state index contributed by atoms with van der Waals surface area (Å²) in [5.41, 5.74) is 0.529. The number of carbonyl (C=O) groups is 1. The van der Waals surface area contributed by atoms with Crippen LogP contribution in [0.25, 0.3) is 5.65 Å². The van der Waals surface area contributed by atoms with Crippen molar-refractivity contribution in [3.8, 4) is 0 Å². The van der Waals surface area contributed by atoms with Crippen molar-refractivity contribution >= 4 is 23.5 Å². The summed E-state index contributed by atoms with van der Waals surface area (Å²) in [6.07, 6.45) is -3.50. The van der Waals surface area contributed by atoms with Crippen LogP contribution in [-0.4, -0.2) is 61.4 Å². The Morgan fingerprint density at radius 1 is 1.33 bits per heavy atom. The highest BCUT2D eigenvalue weighted by atomic mass is 19.4. The van der Waals surface area contributed by atoms with Gasteiger partial charge in [-0.15, -0.1) is 13.2 Å². The van der Waals surface area contributed by atoms with Gasteiger partial charge in [0.1, 0.15) is 11.8 Å². The third-order valence-electron chi connectivity index (χ3n) is 6.71. The molecule has 1 amide bonds. The van der Waals surface area contributed by atoms with E-state index >= 15 is 4.39 Å². The molecule has 4 fully saturated rings. The number of imidazole rings is 1. The Labute approximate surface area is 200 Å². The summed E-state index contributed by atoms with van der Waals surface area (Å²) in [7, 11) is 0. The minimum Gasteiger partial charge on any atom is -0.441 e. The molecule has 3 N–H and O–H groups in total. The Morgan fingerprint density at radius 2 is 2.14 bits per heavy atom. The second-order valence-electron chi connectivity index (χ2n) is 9.32. The number of nitrogens with one attached hydrogen (secondary N) is 3. The van der Waals surface area contributed by atoms with E-state index in [1.54, 1.807) is 0 Å². The van der Waals surface area contributed by atoms with Crippen molar-refractivity contribution in [1.82, 2.24) is 29.9 Å². The largest absolute Gasteiger partial charge is 0.522 e. The molecule has 0 aromatic carbocycles. The Balaban J connectivity index is 1.09. The highest BCUT2D eigenvalue weighted by Crippen LogP contribution is 2.57. The van der Waals surface area contributed by atoms with E-state index in [-0.39, 0.29) is 29.6 Å². The van der Waals surface area contributed by atoms with Gasteiger partial charge in [0.05, 0.1) is 24.6 Å². The van der Waals surface area contributed by atoms with E-state index in [4.69, 9.17) is 9.47 Å². The van der Waals surface area contributed by atoms with Gasteiger partial charge in [0.2, 0.25) is 5.95 Å². The lowest BCUT2D eigenvalue weighted by Crippen LogP contribution is -2.68. The third kappa shape index (κ3) is 4.32. The van der Waals surface area contributed by atoms with Crippen molar-refractivity contribution in [3.05, 3.63) is 35.9 Å². The summed E-state index contributed by atoms with van der Waals surface area (Å²) in [5, 5.41) is 12.5. The van der Waals surface area contributed by atoms with E-state index in [2.05, 4.69) is 35.5 Å². The summed E-state index contributed by atoms with van der Waals surface area (Å²) in [5.74, 6) is 1.16. The molecule has 3 aromatic heterocycles. The summed E-state index contributed by atoms with van der Waals surface area (Å²) in [6, 6.07) is 3.02. The number of H-pyrrole nitrogens is 1. The quantitative estimate of drug-likeness (QED) is 0.413. The van der Waals surface area contributed by atoms with Crippen LogP contribution in [0.15, 0.2) is 24.5 Å². The highest BCUT2D eigenvalue weighted by Gasteiger charge is 2.58. The molecule has 11 nitrogen and oxygen atoms in total. The topological polar surface area (TPSA) is 128 Å². The molecule has 0 radical (unpaired) electrons. The molecule has 1 aliphatic heterocycles. The molecular formula is C21H21F4N7O4. The molecule has 15 heteroatoms. The average Bonchev–Trinajstić information content (AvgIpc) is 3.48. The fourth-order valence-corrected chi connectivity index (χ4v) is 4.90. The molecule has 3 aromatic rings. The van der Waals surface area contributed by atoms with E-state index in [1.807, 2.05) is 0 Å². The fourth-order valence-electron chi connectivity index (χ4n) is 4.90. The van der Waals surface area contributed by atoms with Crippen LogP contribution in [0.4, 0.5) is 34.1 Å². The number of hydrogen-bond donors (Lipinski definition) is 3. The van der Waals surface area contributed by atoms with E-state index in [9.17, 15) is 18.0 Å². The van der Waals surface area contributed by atoms with E-state index in [0.717, 1.165) is 19.3 Å². The van der Waals surface area contributed by atoms with Crippen molar-refractivity contribution in [3.63, 3.8) is 0 Å². The summed E-state index contributed by atoms with van der Waals surface area (Å²) in [4.78, 5) is 20.4. The molecule has 7 rings (SSSR count). The number of rotatable bonds is 7. The van der Waals surface area contributed by atoms with Gasteiger partial charge in [-0.25, -0.2) is 19.2 Å². The average molecular weight is 511 g/mol. The van der Waals surface area contributed by atoms with E-state index < -0.39 is 37.4 Å². The SMILES string of the molecule is O=C(NC12CC(C1)C2)O[C@@H]1CO[C@H](c2cc(Nc3nccc4nc(COC(F)(F)F)cn34)n[nH]2)[C@@H]1F. The molecule has 2 bridgehead atoms. The number of ether oxygens (including phenoxy) is 3. The molecule has 3 atom stereocenters. The third-order valence-corrected chi connectivity index (χ3v) is 6.71. The van der Waals surface area contributed by atoms with Gasteiger partial charge in [-0.05, 0) is 31.2 Å². The van der Waals surface area contributed by atoms with Crippen LogP contribution in [-0.2, 0) is 20.8 Å². The molecule has 4 aliphatic rings. The van der Waals surface area contributed by atoms with Crippen molar-refractivity contribution < 1.29 is 36.6 Å². The Kier molecular flexibility index (Phi) is 5.29. The van der Waals surface area contributed by atoms with E-state index in [1.165, 1.54) is 28.9 Å². The van der Waals surface area contributed by atoms with Gasteiger partial charge in [-0.1, -0.05) is 0 Å². The Hall–Kier alpha value is -3.46. The smallest absolute Gasteiger partial charge is 0.441 e. The predicted molar refractivity (Wildman–Crippen MR) is 113 cm³/mol. The Bertz CT molecular complexity index is 1280. The predicted octanol–water partition coefficient (Wildman–Crippen LogP) is 3.29. The zero-order chi connectivity index (χ0) is 25.1. The monoisotopic (exact) mass is 511 g/mol. The second-order valence-corrected chi connectivity index (χ2v) is 9.32. The zero-order valence-electron chi connectivity index (χ0n) is 18.6. The van der Waals surface area contributed by atoms with Crippen LogP contribution >= 0.6 is 0 Å². The van der Waals surface area contributed by atoms with Crippen LogP contribution in [0.1, 0.15) is 36.8 Å². The number of aromatic nitrogens is 5. The molecule has 1 saturated heterocycles. The Morgan fingerprint density at radius 3 is 2.86 bits per heavy atom. The van der Waals surface area contributed by atoms with Crippen LogP contribution in [0.5, 0.6) is 0 Å². The first-order valence-electron chi connectivity index (χ1n) is 11.3. The van der Waals surface area contributed by atoms with Gasteiger partial charge in [0.25, 0.3) is 0 Å². The van der Waals surface area contributed by atoms with Crippen LogP contribution in [0.2, 0.25) is 0 Å². The highest BCUT2D eigenvalue weighted by molar-refractivity contribution is 5.69. The number of nitrogens with zero attached hydrogens (tertiary/aromatic N) is 4. The minimum absolute atomic E-state index is 0.0508. The number of alkyl carbamates (subject to hydrolysis) is 1. The fraction of sp³-hybridized carbons (Fsp3) is 0.524. The van der Waals surface area contributed by atoms with Gasteiger partial charge in [-0.2, -0.15) is 5.10 Å². The molecule has 36 heavy (non-hydrogen) atoms. The van der Waals surface area contributed by atoms with Crippen molar-refractivity contribution in [2.75, 3.05) is 11.9 Å². The lowest BCUT2D eigenvalue weighted by atomic mass is 9.50. The number of anilines is 2. The van der Waals surface area contributed by atoms with Crippen LogP contribution in [0.3, 0.4) is 0 Å². The number of alkyl halides is 4. The summed E-state index contributed by atoms with van der Waals surface area (Å²) in [6.45, 7) is -0.855. The zero-order valence-corrected chi connectivity index (χ0v) is 18.6. The number of carbonyl (C=O) groups excluding carboxylic acids is 1. The molecule has 3 aliphatic carbocycles. The first-order chi connectivity index (χ1) is 17.2. The maximum absolute atomic E-state index is 15.0. The number of halogens is 4. The lowest BCUT2D eigenvalue weighted by molar-refractivity contribution is -0.330. The van der Waals surface area contributed by atoms with Gasteiger partial charge in [-0.3, -0.25) is 14.2 Å². The summed E-state index contributed by atoms with van der Waals surface area (Å²) < 4.78 is 68.1. The lowest BCUT2D eigenvalue weighted by Gasteiger charge is -2.61. The van der Waals surface area contributed by atoms with Crippen molar-refractivity contribution in [2.45, 2.75) is 56.2 Å². The normalized spacial score (nSPS) is 29.0. The number of hydrogen-bond acceptors (Lipinski definition) is 8. The molecule has 4 heterocycles. The van der Waals surface area contributed by atoms with Gasteiger partial charge < -0.3 is 20.1 Å². The maximum Gasteiger partial charge on any atom is 0.522 e. The van der Waals surface area contributed by atoms with Crippen LogP contribution < -0.4 is 10.6 Å². The molecule has 192 valence electrons. The molecule has 0 unspecified atom stereocenters. The van der Waals surface area contributed by atoms with Crippen LogP contribution in [0, 0.1) is 5.92 Å². The van der Waals surface area contributed by atoms with Gasteiger partial charge in [0, 0.05) is 24.0 Å². The van der Waals surface area contributed by atoms with Crippen molar-refractivity contribution in [2.24, 2.45) is 5.92 Å². The number of amides is 1.